The normalized spacial score (nSPS) is 11.5. The molecule has 0 spiro atoms. The summed E-state index contributed by atoms with van der Waals surface area (Å²) in [7, 11) is 10.7. The van der Waals surface area contributed by atoms with Gasteiger partial charge in [-0.3, -0.25) is 0 Å². The van der Waals surface area contributed by atoms with Gasteiger partial charge in [0, 0.05) is 77.9 Å². The third-order valence-electron chi connectivity index (χ3n) is 17.8. The van der Waals surface area contributed by atoms with E-state index in [1.807, 2.05) is 0 Å². The minimum atomic E-state index is 1.06. The van der Waals surface area contributed by atoms with Gasteiger partial charge in [0.15, 0.2) is 0 Å². The molecule has 0 atom stereocenters. The SMILES string of the molecule is CCc1c[n+]2cc3c(C)cccc3cc2n1C.CCc1c[n+]2cc3cc(C)ccc3cc2n1C.CCc1c[n+]2cc3ccc(C)cc3cc2n1C.CCc1c[n+]2cc3cccc(C)c3cc2n1C.CCc1c[n+]2ccc3c(C)cccc3c2n1C. The maximum atomic E-state index is 2.29. The molecule has 430 valence electrons. The molecule has 15 rings (SSSR count). The summed E-state index contributed by atoms with van der Waals surface area (Å²) in [6.45, 7) is 21.7. The average molecular weight is 1130 g/mol. The van der Waals surface area contributed by atoms with E-state index in [1.54, 1.807) is 0 Å². The smallest absolute Gasteiger partial charge is 0.230 e. The number of pyridine rings is 5. The molecule has 10 aromatic heterocycles. The molecule has 0 saturated carbocycles. The van der Waals surface area contributed by atoms with E-state index in [2.05, 4.69) is 333 Å². The zero-order chi connectivity index (χ0) is 60.0. The molecular weight excluding hydrogens is 1040 g/mol. The summed E-state index contributed by atoms with van der Waals surface area (Å²) in [4.78, 5) is 0. The fourth-order valence-corrected chi connectivity index (χ4v) is 12.6. The zero-order valence-corrected chi connectivity index (χ0v) is 52.8. The maximum absolute atomic E-state index is 2.29. The van der Waals surface area contributed by atoms with Crippen molar-refractivity contribution in [2.45, 2.75) is 101 Å². The Kier molecular flexibility index (Phi) is 16.2. The lowest BCUT2D eigenvalue weighted by Gasteiger charge is -2.01. The van der Waals surface area contributed by atoms with E-state index in [4.69, 9.17) is 0 Å². The first-order valence-corrected chi connectivity index (χ1v) is 30.5. The zero-order valence-electron chi connectivity index (χ0n) is 52.8. The summed E-state index contributed by atoms with van der Waals surface area (Å²) in [6, 6.07) is 43.9. The van der Waals surface area contributed by atoms with Crippen molar-refractivity contribution in [3.63, 3.8) is 0 Å². The first-order chi connectivity index (χ1) is 41.0. The van der Waals surface area contributed by atoms with Gasteiger partial charge in [0.25, 0.3) is 28.2 Å². The molecule has 0 aliphatic rings. The molecule has 10 nitrogen and oxygen atoms in total. The Morgan fingerprint density at radius 1 is 0.282 bits per heavy atom. The summed E-state index contributed by atoms with van der Waals surface area (Å²) in [5.41, 5.74) is 19.7. The molecular formula is C75H85N10+5. The van der Waals surface area contributed by atoms with Crippen LogP contribution in [0.5, 0.6) is 0 Å². The Hall–Kier alpha value is -9.15. The van der Waals surface area contributed by atoms with Crippen molar-refractivity contribution < 1.29 is 22.0 Å². The predicted molar refractivity (Wildman–Crippen MR) is 351 cm³/mol. The number of aromatic nitrogens is 10. The number of imidazole rings is 5. The van der Waals surface area contributed by atoms with E-state index < -0.39 is 0 Å². The van der Waals surface area contributed by atoms with Crippen LogP contribution in [-0.4, -0.2) is 22.8 Å². The second-order valence-corrected chi connectivity index (χ2v) is 23.3. The van der Waals surface area contributed by atoms with Crippen molar-refractivity contribution in [2.75, 3.05) is 0 Å². The fraction of sp³-hybridized carbons (Fsp3) is 0.267. The molecule has 85 heavy (non-hydrogen) atoms. The number of hydrogen-bond acceptors (Lipinski definition) is 0. The van der Waals surface area contributed by atoms with E-state index >= 15 is 0 Å². The first-order valence-electron chi connectivity index (χ1n) is 30.5. The minimum absolute atomic E-state index is 1.06. The number of fused-ring (bicyclic) bond motifs is 11. The van der Waals surface area contributed by atoms with Crippen molar-refractivity contribution in [1.29, 1.82) is 0 Å². The van der Waals surface area contributed by atoms with Crippen LogP contribution >= 0.6 is 0 Å². The molecule has 10 heteroatoms. The van der Waals surface area contributed by atoms with Crippen molar-refractivity contribution in [1.82, 2.24) is 22.8 Å². The van der Waals surface area contributed by atoms with Crippen LogP contribution in [0.2, 0.25) is 0 Å². The van der Waals surface area contributed by atoms with Crippen LogP contribution in [0.3, 0.4) is 0 Å². The monoisotopic (exact) mass is 1130 g/mol. The van der Waals surface area contributed by atoms with Crippen LogP contribution in [0.15, 0.2) is 183 Å². The third-order valence-corrected chi connectivity index (χ3v) is 17.8. The Labute approximate surface area is 500 Å². The lowest BCUT2D eigenvalue weighted by Crippen LogP contribution is -2.18. The highest BCUT2D eigenvalue weighted by molar-refractivity contribution is 5.94. The van der Waals surface area contributed by atoms with Gasteiger partial charge >= 0.3 is 0 Å². The summed E-state index contributed by atoms with van der Waals surface area (Å²) in [6.07, 6.45) is 27.5. The average Bonchev–Trinajstić information content (AvgIpc) is 3.12. The standard InChI is InChI=1S/5C15H17N2/c1-4-14-10-17-9-12-6-5-11(2)7-13(12)8-15(17)16(14)3;1-4-14-10-17-9-13-7-11(2)5-6-12(13)8-15(17)16(14)3;1-4-13-10-17-9-12-7-5-6-11(2)14(12)8-15(17)16(13)3;1-4-13-9-17-10-14-11(2)6-5-7-12(14)8-15(17)16(13)3;1-4-12-10-17-9-8-13-11(2)6-5-7-14(13)15(17)16(12)3/h5*5-10H,4H2,1-3H3/q5*+1. The number of benzene rings is 5. The molecule has 15 aromatic rings. The predicted octanol–water partition coefficient (Wildman–Crippen LogP) is 13.9. The number of nitrogens with zero attached hydrogens (tertiary/aromatic N) is 10. The van der Waals surface area contributed by atoms with Crippen LogP contribution in [0.25, 0.3) is 82.1 Å². The Balaban J connectivity index is 0.000000111. The van der Waals surface area contributed by atoms with Crippen LogP contribution in [0, 0.1) is 34.6 Å². The van der Waals surface area contributed by atoms with Gasteiger partial charge in [0.05, 0.1) is 46.8 Å². The van der Waals surface area contributed by atoms with E-state index in [-0.39, 0.29) is 0 Å². The van der Waals surface area contributed by atoms with E-state index in [0.29, 0.717) is 0 Å². The van der Waals surface area contributed by atoms with Crippen molar-refractivity contribution in [2.24, 2.45) is 35.2 Å². The van der Waals surface area contributed by atoms with Crippen molar-refractivity contribution >= 4 is 82.1 Å². The summed E-state index contributed by atoms with van der Waals surface area (Å²) in [5.74, 6) is 0. The van der Waals surface area contributed by atoms with Gasteiger partial charge in [0.1, 0.15) is 84.2 Å². The molecule has 0 N–H and O–H groups in total. The molecule has 0 unspecified atom stereocenters. The molecule has 0 aliphatic heterocycles. The molecule has 0 radical (unpaired) electrons. The lowest BCUT2D eigenvalue weighted by molar-refractivity contribution is -0.509. The highest BCUT2D eigenvalue weighted by Gasteiger charge is 2.19. The highest BCUT2D eigenvalue weighted by atomic mass is 15.1. The topological polar surface area (TPSA) is 45.1 Å². The molecule has 0 saturated heterocycles. The highest BCUT2D eigenvalue weighted by Crippen LogP contribution is 2.24. The maximum Gasteiger partial charge on any atom is 0.294 e. The molecule has 0 amide bonds. The van der Waals surface area contributed by atoms with Crippen LogP contribution in [0.1, 0.15) is 90.9 Å². The van der Waals surface area contributed by atoms with E-state index in [9.17, 15) is 0 Å². The van der Waals surface area contributed by atoms with Gasteiger partial charge in [-0.05, 0) is 96.4 Å². The Bertz CT molecular complexity index is 4960. The van der Waals surface area contributed by atoms with Crippen molar-refractivity contribution in [3.8, 4) is 0 Å². The van der Waals surface area contributed by atoms with Gasteiger partial charge in [-0.15, -0.1) is 0 Å². The van der Waals surface area contributed by atoms with Gasteiger partial charge in [-0.2, -0.15) is 0 Å². The summed E-state index contributed by atoms with van der Waals surface area (Å²) >= 11 is 0. The summed E-state index contributed by atoms with van der Waals surface area (Å²) < 4.78 is 22.5. The third kappa shape index (κ3) is 11.0. The van der Waals surface area contributed by atoms with Gasteiger partial charge in [0.2, 0.25) is 0 Å². The fourth-order valence-electron chi connectivity index (χ4n) is 12.6. The van der Waals surface area contributed by atoms with E-state index in [1.165, 1.54) is 138 Å². The Morgan fingerprint density at radius 3 is 1.24 bits per heavy atom. The largest absolute Gasteiger partial charge is 0.294 e. The number of aryl methyl sites for hydroxylation is 15. The Morgan fingerprint density at radius 2 is 0.682 bits per heavy atom. The lowest BCUT2D eigenvalue weighted by atomic mass is 10.1. The molecule has 5 aromatic carbocycles. The molecule has 10 heterocycles. The van der Waals surface area contributed by atoms with Crippen LogP contribution < -0.4 is 22.0 Å². The number of hydrogen-bond donors (Lipinski definition) is 0. The molecule has 0 aliphatic carbocycles. The van der Waals surface area contributed by atoms with Crippen LogP contribution in [-0.2, 0) is 67.3 Å². The minimum Gasteiger partial charge on any atom is -0.230 e. The molecule has 0 bridgehead atoms. The van der Waals surface area contributed by atoms with Gasteiger partial charge < -0.3 is 0 Å². The van der Waals surface area contributed by atoms with E-state index in [0.717, 1.165) is 32.1 Å². The second-order valence-electron chi connectivity index (χ2n) is 23.3. The van der Waals surface area contributed by atoms with Crippen molar-refractivity contribution in [3.05, 3.63) is 240 Å². The molecule has 0 fully saturated rings. The number of rotatable bonds is 5. The second kappa shape index (κ2) is 23.8. The van der Waals surface area contributed by atoms with Gasteiger partial charge in [-0.1, -0.05) is 125 Å². The van der Waals surface area contributed by atoms with Gasteiger partial charge in [-0.25, -0.2) is 44.8 Å². The quantitative estimate of drug-likeness (QED) is 0.154. The van der Waals surface area contributed by atoms with Crippen LogP contribution in [0.4, 0.5) is 0 Å². The summed E-state index contributed by atoms with van der Waals surface area (Å²) in [5, 5.41) is 13.2. The first kappa shape index (κ1) is 57.7.